The van der Waals surface area contributed by atoms with Gasteiger partial charge in [-0.25, -0.2) is 13.2 Å². The molecule has 0 amide bonds. The summed E-state index contributed by atoms with van der Waals surface area (Å²) in [4.78, 5) is 0. The fourth-order valence-electron chi connectivity index (χ4n) is 4.93. The van der Waals surface area contributed by atoms with Gasteiger partial charge in [0.05, 0.1) is 12.7 Å². The highest BCUT2D eigenvalue weighted by molar-refractivity contribution is 5.65. The van der Waals surface area contributed by atoms with Crippen molar-refractivity contribution in [2.75, 3.05) is 0 Å². The Morgan fingerprint density at radius 1 is 0.794 bits per heavy atom. The molecule has 0 bridgehead atoms. The van der Waals surface area contributed by atoms with Crippen molar-refractivity contribution in [3.63, 3.8) is 0 Å². The van der Waals surface area contributed by atoms with Gasteiger partial charge in [-0.3, -0.25) is 0 Å². The summed E-state index contributed by atoms with van der Waals surface area (Å²) < 4.78 is 50.0. The van der Waals surface area contributed by atoms with Gasteiger partial charge in [0, 0.05) is 11.1 Å². The van der Waals surface area contributed by atoms with Crippen LogP contribution in [0, 0.1) is 17.5 Å². The van der Waals surface area contributed by atoms with Crippen LogP contribution in [0.2, 0.25) is 0 Å². The molecule has 0 radical (unpaired) electrons. The molecule has 3 aromatic rings. The van der Waals surface area contributed by atoms with Gasteiger partial charge >= 0.3 is 0 Å². The predicted molar refractivity (Wildman–Crippen MR) is 131 cm³/mol. The van der Waals surface area contributed by atoms with E-state index in [0.29, 0.717) is 5.56 Å². The van der Waals surface area contributed by atoms with E-state index in [2.05, 4.69) is 6.92 Å². The van der Waals surface area contributed by atoms with Crippen molar-refractivity contribution in [2.24, 2.45) is 0 Å². The summed E-state index contributed by atoms with van der Waals surface area (Å²) in [5, 5.41) is 0. The molecule has 4 heteroatoms. The molecule has 3 aromatic carbocycles. The van der Waals surface area contributed by atoms with E-state index < -0.39 is 11.6 Å². The second kappa shape index (κ2) is 11.2. The Bertz CT molecular complexity index is 1100. The van der Waals surface area contributed by atoms with Gasteiger partial charge in [-0.05, 0) is 72.8 Å². The second-order valence-electron chi connectivity index (χ2n) is 9.34. The number of benzene rings is 3. The van der Waals surface area contributed by atoms with Crippen molar-refractivity contribution >= 4 is 0 Å². The molecule has 0 saturated heterocycles. The van der Waals surface area contributed by atoms with E-state index in [4.69, 9.17) is 4.74 Å². The highest BCUT2D eigenvalue weighted by atomic mass is 19.2. The SMILES string of the molecule is CCCc1ccc(-c2ccc(COC3CCC(c4ccc(CC)cc4F)CC3)c(F)c2F)cc1. The highest BCUT2D eigenvalue weighted by Crippen LogP contribution is 2.36. The lowest BCUT2D eigenvalue weighted by molar-refractivity contribution is 0.0117. The lowest BCUT2D eigenvalue weighted by Gasteiger charge is -2.29. The normalized spacial score (nSPS) is 18.3. The van der Waals surface area contributed by atoms with Gasteiger partial charge in [-0.15, -0.1) is 0 Å². The first-order valence-electron chi connectivity index (χ1n) is 12.5. The van der Waals surface area contributed by atoms with Crippen molar-refractivity contribution in [1.29, 1.82) is 0 Å². The van der Waals surface area contributed by atoms with Crippen LogP contribution in [-0.4, -0.2) is 6.10 Å². The maximum atomic E-state index is 14.8. The van der Waals surface area contributed by atoms with Gasteiger partial charge in [0.25, 0.3) is 0 Å². The maximum Gasteiger partial charge on any atom is 0.167 e. The minimum Gasteiger partial charge on any atom is -0.373 e. The zero-order chi connectivity index (χ0) is 24.1. The molecule has 1 nitrogen and oxygen atoms in total. The smallest absolute Gasteiger partial charge is 0.167 e. The molecule has 0 aromatic heterocycles. The third-order valence-corrected chi connectivity index (χ3v) is 7.03. The monoisotopic (exact) mass is 466 g/mol. The van der Waals surface area contributed by atoms with Gasteiger partial charge in [-0.1, -0.05) is 68.8 Å². The van der Waals surface area contributed by atoms with E-state index in [9.17, 15) is 13.2 Å². The van der Waals surface area contributed by atoms with Crippen LogP contribution in [-0.2, 0) is 24.2 Å². The molecule has 34 heavy (non-hydrogen) atoms. The van der Waals surface area contributed by atoms with Crippen LogP contribution in [0.5, 0.6) is 0 Å². The molecule has 1 saturated carbocycles. The van der Waals surface area contributed by atoms with Crippen molar-refractivity contribution in [2.45, 2.75) is 77.4 Å². The van der Waals surface area contributed by atoms with Crippen LogP contribution in [0.1, 0.15) is 74.1 Å². The number of hydrogen-bond acceptors (Lipinski definition) is 1. The Hall–Kier alpha value is -2.59. The fraction of sp³-hybridized carbons (Fsp3) is 0.400. The number of hydrogen-bond donors (Lipinski definition) is 0. The zero-order valence-electron chi connectivity index (χ0n) is 20.0. The second-order valence-corrected chi connectivity index (χ2v) is 9.34. The summed E-state index contributed by atoms with van der Waals surface area (Å²) in [6.45, 7) is 4.16. The molecule has 180 valence electrons. The first kappa shape index (κ1) is 24.5. The fourth-order valence-corrected chi connectivity index (χ4v) is 4.93. The number of ether oxygens (including phenoxy) is 1. The lowest BCUT2D eigenvalue weighted by atomic mass is 9.82. The Morgan fingerprint density at radius 3 is 2.15 bits per heavy atom. The van der Waals surface area contributed by atoms with Crippen molar-refractivity contribution < 1.29 is 17.9 Å². The Balaban J connectivity index is 1.35. The lowest BCUT2D eigenvalue weighted by Crippen LogP contribution is -2.21. The number of rotatable bonds is 8. The van der Waals surface area contributed by atoms with E-state index in [1.54, 1.807) is 18.2 Å². The minimum absolute atomic E-state index is 0.0255. The number of aryl methyl sites for hydroxylation is 2. The third-order valence-electron chi connectivity index (χ3n) is 7.03. The van der Waals surface area contributed by atoms with Gasteiger partial charge in [0.1, 0.15) is 5.82 Å². The predicted octanol–water partition coefficient (Wildman–Crippen LogP) is 8.53. The van der Waals surface area contributed by atoms with Gasteiger partial charge in [0.15, 0.2) is 11.6 Å². The van der Waals surface area contributed by atoms with E-state index in [1.165, 1.54) is 5.56 Å². The molecule has 4 rings (SSSR count). The maximum absolute atomic E-state index is 14.8. The van der Waals surface area contributed by atoms with Gasteiger partial charge < -0.3 is 4.74 Å². The Morgan fingerprint density at radius 2 is 1.50 bits per heavy atom. The molecule has 0 atom stereocenters. The van der Waals surface area contributed by atoms with Crippen LogP contribution in [0.25, 0.3) is 11.1 Å². The molecule has 1 fully saturated rings. The van der Waals surface area contributed by atoms with Crippen LogP contribution in [0.15, 0.2) is 54.6 Å². The molecule has 0 spiro atoms. The van der Waals surface area contributed by atoms with Gasteiger partial charge in [0.2, 0.25) is 0 Å². The molecule has 1 aliphatic rings. The molecule has 0 aliphatic heterocycles. The van der Waals surface area contributed by atoms with Gasteiger partial charge in [-0.2, -0.15) is 0 Å². The van der Waals surface area contributed by atoms with Crippen LogP contribution in [0.3, 0.4) is 0 Å². The Kier molecular flexibility index (Phi) is 8.10. The van der Waals surface area contributed by atoms with Crippen molar-refractivity contribution in [3.05, 3.63) is 94.3 Å². The van der Waals surface area contributed by atoms with E-state index in [-0.39, 0.29) is 35.6 Å². The van der Waals surface area contributed by atoms with Crippen LogP contribution in [0.4, 0.5) is 13.2 Å². The average molecular weight is 467 g/mol. The van der Waals surface area contributed by atoms with Crippen LogP contribution < -0.4 is 0 Å². The number of halogens is 3. The quantitative estimate of drug-likeness (QED) is 0.323. The molecular formula is C30H33F3O. The van der Waals surface area contributed by atoms with Crippen molar-refractivity contribution in [1.82, 2.24) is 0 Å². The van der Waals surface area contributed by atoms with E-state index >= 15 is 0 Å². The van der Waals surface area contributed by atoms with Crippen molar-refractivity contribution in [3.8, 4) is 11.1 Å². The molecule has 0 unspecified atom stereocenters. The summed E-state index contributed by atoms with van der Waals surface area (Å²) in [5.74, 6) is -1.62. The summed E-state index contributed by atoms with van der Waals surface area (Å²) in [7, 11) is 0. The van der Waals surface area contributed by atoms with E-state index in [1.807, 2.05) is 43.3 Å². The average Bonchev–Trinajstić information content (AvgIpc) is 2.86. The molecule has 1 aliphatic carbocycles. The summed E-state index contributed by atoms with van der Waals surface area (Å²) in [6.07, 6.45) is 6.03. The highest BCUT2D eigenvalue weighted by Gasteiger charge is 2.25. The topological polar surface area (TPSA) is 9.23 Å². The first-order chi connectivity index (χ1) is 16.5. The standard InChI is InChI=1S/C30H33F3O/c1-3-5-21-6-9-23(10-7-21)27-17-13-24(29(32)30(27)33)19-34-25-14-11-22(12-15-25)26-16-8-20(4-2)18-28(26)31/h6-10,13,16-18,22,25H,3-5,11-12,14-15,19H2,1-2H3. The summed E-state index contributed by atoms with van der Waals surface area (Å²) in [5.41, 5.74) is 4.14. The van der Waals surface area contributed by atoms with E-state index in [0.717, 1.165) is 56.1 Å². The third kappa shape index (κ3) is 5.55. The van der Waals surface area contributed by atoms with Crippen LogP contribution >= 0.6 is 0 Å². The summed E-state index contributed by atoms with van der Waals surface area (Å²) >= 11 is 0. The summed E-state index contributed by atoms with van der Waals surface area (Å²) in [6, 6.07) is 16.4. The first-order valence-corrected chi connectivity index (χ1v) is 12.5. The Labute approximate surface area is 201 Å². The largest absolute Gasteiger partial charge is 0.373 e. The molecular weight excluding hydrogens is 433 g/mol. The molecule has 0 N–H and O–H groups in total. The zero-order valence-corrected chi connectivity index (χ0v) is 20.0. The minimum atomic E-state index is -0.845. The molecule has 0 heterocycles.